The first-order chi connectivity index (χ1) is 5.89. The van der Waals surface area contributed by atoms with Crippen LogP contribution >= 0.6 is 0 Å². The van der Waals surface area contributed by atoms with E-state index in [0.717, 1.165) is 25.5 Å². The zero-order valence-electron chi connectivity index (χ0n) is 7.41. The van der Waals surface area contributed by atoms with Crippen molar-refractivity contribution in [2.75, 3.05) is 12.9 Å². The van der Waals surface area contributed by atoms with Gasteiger partial charge in [0.15, 0.2) is 0 Å². The first-order valence-corrected chi connectivity index (χ1v) is 5.94. The molecule has 0 radical (unpaired) electrons. The lowest BCUT2D eigenvalue weighted by Gasteiger charge is -2.61. The summed E-state index contributed by atoms with van der Waals surface area (Å²) in [5.41, 5.74) is -0.117. The van der Waals surface area contributed by atoms with Gasteiger partial charge in [0.25, 0.3) is 10.1 Å². The fourth-order valence-electron chi connectivity index (χ4n) is 2.44. The van der Waals surface area contributed by atoms with Gasteiger partial charge in [-0.05, 0) is 0 Å². The Hall–Kier alpha value is -0.600. The van der Waals surface area contributed by atoms with Crippen molar-refractivity contribution in [1.29, 1.82) is 0 Å². The van der Waals surface area contributed by atoms with Crippen molar-refractivity contribution in [3.8, 4) is 0 Å². The first kappa shape index (κ1) is 8.97. The Morgan fingerprint density at radius 1 is 1.46 bits per heavy atom. The summed E-state index contributed by atoms with van der Waals surface area (Å²) in [5, 5.41) is 0. The first-order valence-electron chi connectivity index (χ1n) is 4.12. The Labute approximate surface area is 77.8 Å². The SMILES string of the molecule is [C-]#[N+]C12CC(COS(C)(=O)=O)(C1)C2. The van der Waals surface area contributed by atoms with E-state index in [0.29, 0.717) is 0 Å². The van der Waals surface area contributed by atoms with Gasteiger partial charge in [-0.1, -0.05) is 0 Å². The summed E-state index contributed by atoms with van der Waals surface area (Å²) < 4.78 is 26.1. The van der Waals surface area contributed by atoms with Gasteiger partial charge in [0.05, 0.1) is 12.9 Å². The molecule has 0 heterocycles. The second-order valence-electron chi connectivity index (χ2n) is 4.33. The van der Waals surface area contributed by atoms with Gasteiger partial charge < -0.3 is 4.85 Å². The summed E-state index contributed by atoms with van der Waals surface area (Å²) in [5.74, 6) is 0. The van der Waals surface area contributed by atoms with E-state index >= 15 is 0 Å². The lowest BCUT2D eigenvalue weighted by molar-refractivity contribution is -0.130. The van der Waals surface area contributed by atoms with E-state index in [1.807, 2.05) is 0 Å². The van der Waals surface area contributed by atoms with Crippen LogP contribution in [0.1, 0.15) is 19.3 Å². The van der Waals surface area contributed by atoms with Gasteiger partial charge in [-0.2, -0.15) is 8.42 Å². The minimum Gasteiger partial charge on any atom is -0.310 e. The molecule has 3 aliphatic carbocycles. The average molecular weight is 201 g/mol. The standard InChI is InChI=1S/C8H11NO3S/c1-9-8-3-7(4-8,5-8)6-12-13(2,10)11/h3-6H2,2H3. The van der Waals surface area contributed by atoms with Crippen LogP contribution in [0.3, 0.4) is 0 Å². The van der Waals surface area contributed by atoms with Crippen LogP contribution in [0.2, 0.25) is 0 Å². The molecule has 0 atom stereocenters. The highest BCUT2D eigenvalue weighted by Crippen LogP contribution is 2.69. The predicted molar refractivity (Wildman–Crippen MR) is 46.4 cm³/mol. The minimum absolute atomic E-state index is 0.0215. The Kier molecular flexibility index (Phi) is 1.55. The van der Waals surface area contributed by atoms with E-state index in [-0.39, 0.29) is 17.6 Å². The van der Waals surface area contributed by atoms with Crippen LogP contribution in [0.5, 0.6) is 0 Å². The summed E-state index contributed by atoms with van der Waals surface area (Å²) in [6.07, 6.45) is 3.51. The van der Waals surface area contributed by atoms with E-state index in [2.05, 4.69) is 4.85 Å². The fourth-order valence-corrected chi connectivity index (χ4v) is 2.91. The molecular formula is C8H11NO3S. The van der Waals surface area contributed by atoms with E-state index in [9.17, 15) is 8.42 Å². The van der Waals surface area contributed by atoms with E-state index in [1.54, 1.807) is 0 Å². The molecule has 0 aromatic heterocycles. The monoisotopic (exact) mass is 201 g/mol. The van der Waals surface area contributed by atoms with Crippen LogP contribution in [0.15, 0.2) is 0 Å². The number of hydrogen-bond donors (Lipinski definition) is 0. The van der Waals surface area contributed by atoms with Crippen LogP contribution in [0.4, 0.5) is 0 Å². The molecule has 0 amide bonds. The van der Waals surface area contributed by atoms with Gasteiger partial charge in [-0.3, -0.25) is 4.18 Å². The molecule has 0 aromatic carbocycles. The second kappa shape index (κ2) is 2.25. The normalized spacial score (nSPS) is 41.5. The van der Waals surface area contributed by atoms with Crippen molar-refractivity contribution in [2.45, 2.75) is 24.8 Å². The predicted octanol–water partition coefficient (Wildman–Crippen LogP) is 0.805. The van der Waals surface area contributed by atoms with Crippen molar-refractivity contribution in [3.63, 3.8) is 0 Å². The lowest BCUT2D eigenvalue weighted by Crippen LogP contribution is -2.67. The number of nitrogens with zero attached hydrogens (tertiary/aromatic N) is 1. The molecule has 3 saturated carbocycles. The highest BCUT2D eigenvalue weighted by molar-refractivity contribution is 7.85. The van der Waals surface area contributed by atoms with Gasteiger partial charge in [0, 0.05) is 24.7 Å². The Balaban J connectivity index is 1.86. The lowest BCUT2D eigenvalue weighted by atomic mass is 9.40. The van der Waals surface area contributed by atoms with Gasteiger partial charge in [0.1, 0.15) is 0 Å². The Bertz CT molecular complexity index is 359. The third-order valence-electron chi connectivity index (χ3n) is 2.93. The van der Waals surface area contributed by atoms with Gasteiger partial charge in [0.2, 0.25) is 5.54 Å². The molecule has 0 spiro atoms. The summed E-state index contributed by atoms with van der Waals surface area (Å²) >= 11 is 0. The molecule has 3 aliphatic rings. The molecule has 5 heteroatoms. The molecule has 3 fully saturated rings. The van der Waals surface area contributed by atoms with E-state index < -0.39 is 10.1 Å². The third-order valence-corrected chi connectivity index (χ3v) is 3.47. The number of hydrogen-bond acceptors (Lipinski definition) is 3. The minimum atomic E-state index is -3.31. The molecule has 0 aliphatic heterocycles. The van der Waals surface area contributed by atoms with Crippen LogP contribution in [0, 0.1) is 12.0 Å². The van der Waals surface area contributed by atoms with E-state index in [1.165, 1.54) is 0 Å². The molecule has 0 aromatic rings. The summed E-state index contributed by atoms with van der Waals surface area (Å²) in [4.78, 5) is 3.53. The summed E-state index contributed by atoms with van der Waals surface area (Å²) in [6, 6.07) is 0. The summed E-state index contributed by atoms with van der Waals surface area (Å²) in [7, 11) is -3.31. The second-order valence-corrected chi connectivity index (χ2v) is 5.98. The molecule has 0 N–H and O–H groups in total. The van der Waals surface area contributed by atoms with Crippen molar-refractivity contribution >= 4 is 10.1 Å². The maximum Gasteiger partial charge on any atom is 0.264 e. The fraction of sp³-hybridized carbons (Fsp3) is 0.875. The van der Waals surface area contributed by atoms with Crippen molar-refractivity contribution in [3.05, 3.63) is 11.4 Å². The quantitative estimate of drug-likeness (QED) is 0.501. The van der Waals surface area contributed by atoms with Crippen molar-refractivity contribution in [1.82, 2.24) is 0 Å². The van der Waals surface area contributed by atoms with Crippen molar-refractivity contribution < 1.29 is 12.6 Å². The van der Waals surface area contributed by atoms with Gasteiger partial charge >= 0.3 is 0 Å². The van der Waals surface area contributed by atoms with Crippen LogP contribution in [-0.4, -0.2) is 26.8 Å². The maximum atomic E-state index is 10.7. The zero-order chi connectivity index (χ0) is 9.74. The molecule has 0 unspecified atom stereocenters. The molecule has 4 nitrogen and oxygen atoms in total. The van der Waals surface area contributed by atoms with Gasteiger partial charge in [-0.25, -0.2) is 6.57 Å². The van der Waals surface area contributed by atoms with Crippen molar-refractivity contribution in [2.24, 2.45) is 5.41 Å². The number of rotatable bonds is 3. The van der Waals surface area contributed by atoms with Crippen LogP contribution in [-0.2, 0) is 14.3 Å². The molecule has 13 heavy (non-hydrogen) atoms. The van der Waals surface area contributed by atoms with Gasteiger partial charge in [-0.15, -0.1) is 0 Å². The molecule has 0 saturated heterocycles. The van der Waals surface area contributed by atoms with E-state index in [4.69, 9.17) is 10.8 Å². The third kappa shape index (κ3) is 1.34. The largest absolute Gasteiger partial charge is 0.310 e. The highest BCUT2D eigenvalue weighted by atomic mass is 32.2. The smallest absolute Gasteiger partial charge is 0.264 e. The topological polar surface area (TPSA) is 47.7 Å². The average Bonchev–Trinajstić information content (AvgIpc) is 1.79. The van der Waals surface area contributed by atoms with Crippen LogP contribution in [0.25, 0.3) is 4.85 Å². The van der Waals surface area contributed by atoms with Crippen LogP contribution < -0.4 is 0 Å². The summed E-state index contributed by atoms with van der Waals surface area (Å²) in [6.45, 7) is 7.17. The molecule has 3 rings (SSSR count). The molecule has 2 bridgehead atoms. The molecular weight excluding hydrogens is 190 g/mol. The maximum absolute atomic E-state index is 10.7. The Morgan fingerprint density at radius 3 is 2.38 bits per heavy atom. The zero-order valence-corrected chi connectivity index (χ0v) is 8.23. The molecule has 72 valence electrons. The highest BCUT2D eigenvalue weighted by Gasteiger charge is 2.74. The Morgan fingerprint density at radius 2 is 2.00 bits per heavy atom.